The molecule has 0 heterocycles. The van der Waals surface area contributed by atoms with Gasteiger partial charge in [0.2, 0.25) is 0 Å². The molecule has 3 nitrogen and oxygen atoms in total. The van der Waals surface area contributed by atoms with E-state index in [1.807, 2.05) is 6.92 Å². The summed E-state index contributed by atoms with van der Waals surface area (Å²) in [5.74, 6) is 4.76. The Morgan fingerprint density at radius 3 is 2.83 bits per heavy atom. The highest BCUT2D eigenvalue weighted by Gasteiger charge is 2.06. The van der Waals surface area contributed by atoms with Crippen LogP contribution in [-0.4, -0.2) is 31.5 Å². The SMILES string of the molecule is COCC(C)OCc1ccc(C#CCO)cc1F. The summed E-state index contributed by atoms with van der Waals surface area (Å²) in [6.07, 6.45) is -0.0803. The molecule has 18 heavy (non-hydrogen) atoms. The molecule has 0 bridgehead atoms. The van der Waals surface area contributed by atoms with Gasteiger partial charge in [0, 0.05) is 18.2 Å². The average Bonchev–Trinajstić information content (AvgIpc) is 2.35. The number of ether oxygens (including phenoxy) is 2. The van der Waals surface area contributed by atoms with Crippen LogP contribution < -0.4 is 0 Å². The Morgan fingerprint density at radius 2 is 2.22 bits per heavy atom. The molecule has 0 aliphatic heterocycles. The van der Waals surface area contributed by atoms with Crippen LogP contribution in [0.15, 0.2) is 18.2 Å². The summed E-state index contributed by atoms with van der Waals surface area (Å²) in [6.45, 7) is 2.30. The van der Waals surface area contributed by atoms with Gasteiger partial charge in [0.05, 0.1) is 19.3 Å². The molecule has 0 aromatic heterocycles. The molecule has 0 amide bonds. The fraction of sp³-hybridized carbons (Fsp3) is 0.429. The zero-order valence-electron chi connectivity index (χ0n) is 10.6. The summed E-state index contributed by atoms with van der Waals surface area (Å²) < 4.78 is 24.0. The largest absolute Gasteiger partial charge is 0.384 e. The van der Waals surface area contributed by atoms with Gasteiger partial charge in [-0.3, -0.25) is 0 Å². The van der Waals surface area contributed by atoms with Crippen molar-refractivity contribution < 1.29 is 19.0 Å². The van der Waals surface area contributed by atoms with E-state index in [9.17, 15) is 4.39 Å². The molecule has 4 heteroatoms. The zero-order chi connectivity index (χ0) is 13.4. The highest BCUT2D eigenvalue weighted by Crippen LogP contribution is 2.12. The molecule has 0 saturated heterocycles. The molecule has 1 aromatic rings. The van der Waals surface area contributed by atoms with E-state index in [1.165, 1.54) is 6.07 Å². The van der Waals surface area contributed by atoms with Crippen LogP contribution >= 0.6 is 0 Å². The number of aliphatic hydroxyl groups excluding tert-OH is 1. The van der Waals surface area contributed by atoms with Gasteiger partial charge in [-0.05, 0) is 19.1 Å². The third-order valence-electron chi connectivity index (χ3n) is 2.29. The molecular weight excluding hydrogens is 235 g/mol. The molecule has 0 aliphatic carbocycles. The first-order valence-electron chi connectivity index (χ1n) is 5.66. The first-order chi connectivity index (χ1) is 8.67. The lowest BCUT2D eigenvalue weighted by Crippen LogP contribution is -2.14. The topological polar surface area (TPSA) is 38.7 Å². The van der Waals surface area contributed by atoms with Gasteiger partial charge in [0.15, 0.2) is 0 Å². The molecule has 1 aromatic carbocycles. The number of halogens is 1. The molecule has 0 radical (unpaired) electrons. The predicted molar refractivity (Wildman–Crippen MR) is 66.5 cm³/mol. The smallest absolute Gasteiger partial charge is 0.129 e. The summed E-state index contributed by atoms with van der Waals surface area (Å²) in [6, 6.07) is 4.67. The van der Waals surface area contributed by atoms with E-state index in [2.05, 4.69) is 11.8 Å². The second-order valence-electron chi connectivity index (χ2n) is 3.84. The third kappa shape index (κ3) is 4.84. The number of hydrogen-bond acceptors (Lipinski definition) is 3. The second-order valence-corrected chi connectivity index (χ2v) is 3.84. The van der Waals surface area contributed by atoms with Crippen LogP contribution in [0.3, 0.4) is 0 Å². The second kappa shape index (κ2) is 7.83. The van der Waals surface area contributed by atoms with Crippen molar-refractivity contribution in [1.29, 1.82) is 0 Å². The highest BCUT2D eigenvalue weighted by molar-refractivity contribution is 5.36. The predicted octanol–water partition coefficient (Wildman–Crippen LogP) is 1.72. The molecule has 1 atom stereocenters. The van der Waals surface area contributed by atoms with E-state index < -0.39 is 0 Å². The summed E-state index contributed by atoms with van der Waals surface area (Å²) in [7, 11) is 1.59. The zero-order valence-corrected chi connectivity index (χ0v) is 10.6. The minimum Gasteiger partial charge on any atom is -0.384 e. The van der Waals surface area contributed by atoms with Crippen LogP contribution in [0.5, 0.6) is 0 Å². The summed E-state index contributed by atoms with van der Waals surface area (Å²) in [4.78, 5) is 0. The van der Waals surface area contributed by atoms with Crippen LogP contribution in [0.25, 0.3) is 0 Å². The number of methoxy groups -OCH3 is 1. The van der Waals surface area contributed by atoms with Crippen molar-refractivity contribution in [3.8, 4) is 11.8 Å². The molecule has 1 unspecified atom stereocenters. The van der Waals surface area contributed by atoms with Crippen LogP contribution in [-0.2, 0) is 16.1 Å². The molecule has 0 aliphatic rings. The van der Waals surface area contributed by atoms with Gasteiger partial charge in [-0.15, -0.1) is 0 Å². The number of rotatable bonds is 5. The Balaban J connectivity index is 2.62. The van der Waals surface area contributed by atoms with Crippen LogP contribution in [0.2, 0.25) is 0 Å². The van der Waals surface area contributed by atoms with Crippen molar-refractivity contribution in [2.75, 3.05) is 20.3 Å². The lowest BCUT2D eigenvalue weighted by molar-refractivity contribution is -0.00110. The molecule has 0 saturated carbocycles. The average molecular weight is 252 g/mol. The van der Waals surface area contributed by atoms with Gasteiger partial charge < -0.3 is 14.6 Å². The van der Waals surface area contributed by atoms with Gasteiger partial charge in [0.25, 0.3) is 0 Å². The van der Waals surface area contributed by atoms with Crippen molar-refractivity contribution in [1.82, 2.24) is 0 Å². The first-order valence-corrected chi connectivity index (χ1v) is 5.66. The Kier molecular flexibility index (Phi) is 6.37. The van der Waals surface area contributed by atoms with Crippen molar-refractivity contribution in [2.24, 2.45) is 0 Å². The number of hydrogen-bond donors (Lipinski definition) is 1. The lowest BCUT2D eigenvalue weighted by atomic mass is 10.1. The first kappa shape index (κ1) is 14.7. The Hall–Kier alpha value is -1.41. The standard InChI is InChI=1S/C14H17FO3/c1-11(9-17-2)18-10-13-6-5-12(4-3-7-16)8-14(13)15/h5-6,8,11,16H,7,9-10H2,1-2H3. The van der Waals surface area contributed by atoms with E-state index in [1.54, 1.807) is 19.2 Å². The van der Waals surface area contributed by atoms with Gasteiger partial charge in [-0.2, -0.15) is 0 Å². The maximum atomic E-state index is 13.7. The fourth-order valence-electron chi connectivity index (χ4n) is 1.40. The summed E-state index contributed by atoms with van der Waals surface area (Å²) in [5.41, 5.74) is 1.02. The van der Waals surface area contributed by atoms with Gasteiger partial charge in [0.1, 0.15) is 12.4 Å². The van der Waals surface area contributed by atoms with Crippen LogP contribution in [0.1, 0.15) is 18.1 Å². The molecule has 0 fully saturated rings. The van der Waals surface area contributed by atoms with Gasteiger partial charge in [-0.1, -0.05) is 17.9 Å². The summed E-state index contributed by atoms with van der Waals surface area (Å²) >= 11 is 0. The molecular formula is C14H17FO3. The van der Waals surface area contributed by atoms with Gasteiger partial charge >= 0.3 is 0 Å². The molecule has 1 rings (SSSR count). The number of aliphatic hydroxyl groups is 1. The minimum absolute atomic E-state index is 0.0803. The minimum atomic E-state index is -0.357. The maximum Gasteiger partial charge on any atom is 0.129 e. The maximum absolute atomic E-state index is 13.7. The Morgan fingerprint density at radius 1 is 1.44 bits per heavy atom. The van der Waals surface area contributed by atoms with Crippen molar-refractivity contribution in [3.63, 3.8) is 0 Å². The molecule has 98 valence electrons. The Labute approximate surface area is 107 Å². The van der Waals surface area contributed by atoms with E-state index in [0.717, 1.165) is 0 Å². The summed E-state index contributed by atoms with van der Waals surface area (Å²) in [5, 5.41) is 8.55. The van der Waals surface area contributed by atoms with Crippen molar-refractivity contribution in [3.05, 3.63) is 35.1 Å². The van der Waals surface area contributed by atoms with Crippen molar-refractivity contribution >= 4 is 0 Å². The van der Waals surface area contributed by atoms with Crippen LogP contribution in [0, 0.1) is 17.7 Å². The van der Waals surface area contributed by atoms with Crippen molar-refractivity contribution in [2.45, 2.75) is 19.6 Å². The van der Waals surface area contributed by atoms with E-state index >= 15 is 0 Å². The fourth-order valence-corrected chi connectivity index (χ4v) is 1.40. The highest BCUT2D eigenvalue weighted by atomic mass is 19.1. The normalized spacial score (nSPS) is 11.8. The number of benzene rings is 1. The quantitative estimate of drug-likeness (QED) is 0.811. The third-order valence-corrected chi connectivity index (χ3v) is 2.29. The van der Waals surface area contributed by atoms with E-state index in [4.69, 9.17) is 14.6 Å². The Bertz CT molecular complexity index is 434. The monoisotopic (exact) mass is 252 g/mol. The van der Waals surface area contributed by atoms with E-state index in [-0.39, 0.29) is 25.1 Å². The van der Waals surface area contributed by atoms with Gasteiger partial charge in [-0.25, -0.2) is 4.39 Å². The molecule has 0 spiro atoms. The van der Waals surface area contributed by atoms with Crippen LogP contribution in [0.4, 0.5) is 4.39 Å². The van der Waals surface area contributed by atoms with E-state index in [0.29, 0.717) is 17.7 Å². The molecule has 1 N–H and O–H groups in total. The lowest BCUT2D eigenvalue weighted by Gasteiger charge is -2.12.